The molecule has 0 unspecified atom stereocenters. The molecule has 0 bridgehead atoms. The first-order chi connectivity index (χ1) is 15.4. The number of fused-ring (bicyclic) bond motifs is 1. The van der Waals surface area contributed by atoms with E-state index in [1.807, 2.05) is 0 Å². The quantitative estimate of drug-likeness (QED) is 0.156. The molecule has 0 aromatic heterocycles. The molecule has 31 heavy (non-hydrogen) atoms. The molecule has 0 aliphatic heterocycles. The van der Waals surface area contributed by atoms with E-state index in [0.29, 0.717) is 0 Å². The van der Waals surface area contributed by atoms with Gasteiger partial charge >= 0.3 is 0 Å². The van der Waals surface area contributed by atoms with Crippen molar-refractivity contribution in [1.29, 1.82) is 0 Å². The standard InChI is InChI=1S/C31H48/c1-2-3-4-5-6-7-8-9-10-11-12-13-14-15-16-17-18-19-20-24-29-26-23-27-30-25-21-22-28-31(29)30/h11-12,21-23,25-28H,2-10,13-20,24H2,1H3/b12-11+. The largest absolute Gasteiger partial charge is 0.0885 e. The van der Waals surface area contributed by atoms with Crippen molar-refractivity contribution < 1.29 is 0 Å². The molecule has 0 N–H and O–H groups in total. The van der Waals surface area contributed by atoms with E-state index in [0.717, 1.165) is 0 Å². The molecule has 0 heteroatoms. The Hall–Kier alpha value is -1.56. The van der Waals surface area contributed by atoms with Gasteiger partial charge in [0.25, 0.3) is 0 Å². The Morgan fingerprint density at radius 2 is 1.03 bits per heavy atom. The normalized spacial score (nSPS) is 11.6. The number of allylic oxidation sites excluding steroid dienone is 2. The van der Waals surface area contributed by atoms with Crippen molar-refractivity contribution >= 4 is 10.8 Å². The molecule has 172 valence electrons. The molecule has 0 nitrogen and oxygen atoms in total. The zero-order valence-electron chi connectivity index (χ0n) is 20.4. The van der Waals surface area contributed by atoms with Gasteiger partial charge in [-0.15, -0.1) is 0 Å². The van der Waals surface area contributed by atoms with Crippen molar-refractivity contribution in [1.82, 2.24) is 0 Å². The third-order valence-electron chi connectivity index (χ3n) is 6.59. The Morgan fingerprint density at radius 1 is 0.516 bits per heavy atom. The molecular formula is C31H48. The summed E-state index contributed by atoms with van der Waals surface area (Å²) in [6, 6.07) is 15.5. The number of aryl methyl sites for hydroxylation is 1. The van der Waals surface area contributed by atoms with Crippen LogP contribution < -0.4 is 0 Å². The molecule has 0 saturated heterocycles. The predicted octanol–water partition coefficient (Wildman–Crippen LogP) is 10.6. The van der Waals surface area contributed by atoms with Gasteiger partial charge in [0.2, 0.25) is 0 Å². The van der Waals surface area contributed by atoms with E-state index in [1.54, 1.807) is 0 Å². The highest BCUT2D eigenvalue weighted by molar-refractivity contribution is 5.85. The number of unbranched alkanes of at least 4 members (excludes halogenated alkanes) is 15. The van der Waals surface area contributed by atoms with Gasteiger partial charge in [0.1, 0.15) is 0 Å². The highest BCUT2D eigenvalue weighted by Crippen LogP contribution is 2.21. The number of benzene rings is 2. The summed E-state index contributed by atoms with van der Waals surface area (Å²) >= 11 is 0. The predicted molar refractivity (Wildman–Crippen MR) is 141 cm³/mol. The summed E-state index contributed by atoms with van der Waals surface area (Å²) in [4.78, 5) is 0. The Balaban J connectivity index is 1.35. The lowest BCUT2D eigenvalue weighted by Gasteiger charge is -2.06. The van der Waals surface area contributed by atoms with E-state index < -0.39 is 0 Å². The molecule has 2 aromatic rings. The Morgan fingerprint density at radius 3 is 1.68 bits per heavy atom. The average Bonchev–Trinajstić information content (AvgIpc) is 2.80. The third kappa shape index (κ3) is 12.2. The minimum Gasteiger partial charge on any atom is -0.0885 e. The van der Waals surface area contributed by atoms with E-state index in [1.165, 1.54) is 132 Å². The van der Waals surface area contributed by atoms with E-state index >= 15 is 0 Å². The van der Waals surface area contributed by atoms with Crippen LogP contribution in [0.3, 0.4) is 0 Å². The lowest BCUT2D eigenvalue weighted by molar-refractivity contribution is 0.576. The molecular weight excluding hydrogens is 372 g/mol. The van der Waals surface area contributed by atoms with Gasteiger partial charge in [-0.3, -0.25) is 0 Å². The van der Waals surface area contributed by atoms with Crippen LogP contribution in [-0.2, 0) is 6.42 Å². The molecule has 0 fully saturated rings. The fourth-order valence-corrected chi connectivity index (χ4v) is 4.60. The Bertz CT molecular complexity index is 691. The molecule has 0 atom stereocenters. The van der Waals surface area contributed by atoms with Gasteiger partial charge in [-0.25, -0.2) is 0 Å². The van der Waals surface area contributed by atoms with Gasteiger partial charge in [0.15, 0.2) is 0 Å². The van der Waals surface area contributed by atoms with Crippen molar-refractivity contribution in [2.45, 2.75) is 122 Å². The summed E-state index contributed by atoms with van der Waals surface area (Å²) in [7, 11) is 0. The van der Waals surface area contributed by atoms with Crippen molar-refractivity contribution in [2.75, 3.05) is 0 Å². The van der Waals surface area contributed by atoms with Gasteiger partial charge in [-0.2, -0.15) is 0 Å². The highest BCUT2D eigenvalue weighted by atomic mass is 14.1. The average molecular weight is 421 g/mol. The topological polar surface area (TPSA) is 0 Å². The van der Waals surface area contributed by atoms with E-state index in [4.69, 9.17) is 0 Å². The summed E-state index contributed by atoms with van der Waals surface area (Å²) in [5.41, 5.74) is 1.52. The van der Waals surface area contributed by atoms with Crippen LogP contribution in [0.15, 0.2) is 54.6 Å². The number of hydrogen-bond acceptors (Lipinski definition) is 0. The van der Waals surface area contributed by atoms with Crippen LogP contribution in [0, 0.1) is 0 Å². The molecule has 2 rings (SSSR count). The van der Waals surface area contributed by atoms with Gasteiger partial charge in [-0.05, 0) is 54.9 Å². The minimum atomic E-state index is 1.23. The van der Waals surface area contributed by atoms with Crippen LogP contribution in [0.1, 0.15) is 122 Å². The molecule has 0 amide bonds. The van der Waals surface area contributed by atoms with E-state index in [-0.39, 0.29) is 0 Å². The molecule has 0 aliphatic carbocycles. The van der Waals surface area contributed by atoms with Crippen LogP contribution in [0.4, 0.5) is 0 Å². The second kappa shape index (κ2) is 18.1. The van der Waals surface area contributed by atoms with Gasteiger partial charge in [0, 0.05) is 0 Å². The zero-order valence-corrected chi connectivity index (χ0v) is 20.4. The zero-order chi connectivity index (χ0) is 21.8. The van der Waals surface area contributed by atoms with Crippen molar-refractivity contribution in [2.24, 2.45) is 0 Å². The molecule has 0 aliphatic rings. The number of rotatable bonds is 19. The SMILES string of the molecule is CCCCCCCCCC/C=C/CCCCCCCCCc1cccc2ccccc12. The minimum absolute atomic E-state index is 1.23. The second-order valence-electron chi connectivity index (χ2n) is 9.39. The van der Waals surface area contributed by atoms with Crippen LogP contribution in [-0.4, -0.2) is 0 Å². The first-order valence-electron chi connectivity index (χ1n) is 13.5. The van der Waals surface area contributed by atoms with Gasteiger partial charge in [0.05, 0.1) is 0 Å². The molecule has 2 aromatic carbocycles. The monoisotopic (exact) mass is 420 g/mol. The van der Waals surface area contributed by atoms with Crippen molar-refractivity contribution in [3.05, 3.63) is 60.2 Å². The first kappa shape index (κ1) is 25.7. The summed E-state index contributed by atoms with van der Waals surface area (Å²) in [5, 5.41) is 2.83. The molecule has 0 radical (unpaired) electrons. The third-order valence-corrected chi connectivity index (χ3v) is 6.59. The molecule has 0 saturated carbocycles. The highest BCUT2D eigenvalue weighted by Gasteiger charge is 2.00. The summed E-state index contributed by atoms with van der Waals surface area (Å²) < 4.78 is 0. The van der Waals surface area contributed by atoms with Crippen LogP contribution in [0.2, 0.25) is 0 Å². The second-order valence-corrected chi connectivity index (χ2v) is 9.39. The summed E-state index contributed by atoms with van der Waals surface area (Å²) in [6.45, 7) is 2.29. The maximum Gasteiger partial charge on any atom is -0.0152 e. The van der Waals surface area contributed by atoms with Crippen LogP contribution >= 0.6 is 0 Å². The van der Waals surface area contributed by atoms with Crippen molar-refractivity contribution in [3.63, 3.8) is 0 Å². The smallest absolute Gasteiger partial charge is 0.0152 e. The van der Waals surface area contributed by atoms with Gasteiger partial charge < -0.3 is 0 Å². The Kier molecular flexibility index (Phi) is 15.0. The van der Waals surface area contributed by atoms with E-state index in [9.17, 15) is 0 Å². The Labute approximate surface area is 193 Å². The maximum absolute atomic E-state index is 2.44. The fourth-order valence-electron chi connectivity index (χ4n) is 4.60. The van der Waals surface area contributed by atoms with Crippen molar-refractivity contribution in [3.8, 4) is 0 Å². The summed E-state index contributed by atoms with van der Waals surface area (Å²) in [6.07, 6.45) is 29.8. The first-order valence-corrected chi connectivity index (χ1v) is 13.5. The summed E-state index contributed by atoms with van der Waals surface area (Å²) in [5.74, 6) is 0. The van der Waals surface area contributed by atoms with Gasteiger partial charge in [-0.1, -0.05) is 139 Å². The molecule has 0 heterocycles. The molecule has 0 spiro atoms. The number of hydrogen-bond donors (Lipinski definition) is 0. The van der Waals surface area contributed by atoms with Crippen LogP contribution in [0.5, 0.6) is 0 Å². The maximum atomic E-state index is 2.44. The fraction of sp³-hybridized carbons (Fsp3) is 0.613. The van der Waals surface area contributed by atoms with Crippen LogP contribution in [0.25, 0.3) is 10.8 Å². The van der Waals surface area contributed by atoms with E-state index in [2.05, 4.69) is 61.5 Å². The lowest BCUT2D eigenvalue weighted by atomic mass is 9.99. The lowest BCUT2D eigenvalue weighted by Crippen LogP contribution is -1.88.